The number of nitrogens with zero attached hydrogens (tertiary/aromatic N) is 5. The first-order valence-electron chi connectivity index (χ1n) is 11.3. The molecule has 6 rings (SSSR count). The van der Waals surface area contributed by atoms with E-state index in [9.17, 15) is 22.0 Å². The average Bonchev–Trinajstić information content (AvgIpc) is 3.26. The van der Waals surface area contributed by atoms with Crippen LogP contribution in [0.4, 0.5) is 27.8 Å². The highest BCUT2D eigenvalue weighted by Crippen LogP contribution is 2.33. The smallest absolute Gasteiger partial charge is 0.182 e. The molecule has 0 bridgehead atoms. The Morgan fingerprint density at radius 1 is 0.789 bits per heavy atom. The van der Waals surface area contributed by atoms with Crippen molar-refractivity contribution in [1.82, 2.24) is 24.3 Å². The largest absolute Gasteiger partial charge is 0.383 e. The van der Waals surface area contributed by atoms with Gasteiger partial charge in [0, 0.05) is 41.5 Å². The summed E-state index contributed by atoms with van der Waals surface area (Å²) in [5.74, 6) is -4.52. The van der Waals surface area contributed by atoms with E-state index >= 15 is 0 Å². The molecular weight excluding hydrogens is 503 g/mol. The Labute approximate surface area is 211 Å². The number of benzene rings is 2. The molecule has 0 unspecified atom stereocenters. The molecular formula is C27H15F5N6. The number of aromatic nitrogens is 5. The lowest BCUT2D eigenvalue weighted by Crippen LogP contribution is -2.04. The first-order chi connectivity index (χ1) is 18.3. The molecule has 0 fully saturated rings. The second-order valence-corrected chi connectivity index (χ2v) is 8.46. The molecule has 188 valence electrons. The molecule has 0 amide bonds. The monoisotopic (exact) mass is 518 g/mol. The van der Waals surface area contributed by atoms with Crippen LogP contribution in [0.15, 0.2) is 67.1 Å². The predicted molar refractivity (Wildman–Crippen MR) is 130 cm³/mol. The predicted octanol–water partition coefficient (Wildman–Crippen LogP) is 5.88. The van der Waals surface area contributed by atoms with Crippen molar-refractivity contribution in [1.29, 1.82) is 0 Å². The Morgan fingerprint density at radius 2 is 1.61 bits per heavy atom. The van der Waals surface area contributed by atoms with Crippen LogP contribution in [0.2, 0.25) is 0 Å². The molecule has 11 heteroatoms. The van der Waals surface area contributed by atoms with E-state index in [0.29, 0.717) is 28.1 Å². The molecule has 0 saturated carbocycles. The van der Waals surface area contributed by atoms with E-state index in [1.54, 1.807) is 18.2 Å². The zero-order chi connectivity index (χ0) is 26.6. The minimum Gasteiger partial charge on any atom is -0.383 e. The Kier molecular flexibility index (Phi) is 5.48. The van der Waals surface area contributed by atoms with Gasteiger partial charge in [-0.3, -0.25) is 9.38 Å². The third-order valence-corrected chi connectivity index (χ3v) is 6.19. The minimum atomic E-state index is -1.36. The molecule has 0 aliphatic carbocycles. The molecule has 4 heterocycles. The maximum atomic E-state index is 14.4. The van der Waals surface area contributed by atoms with Crippen LogP contribution >= 0.6 is 0 Å². The van der Waals surface area contributed by atoms with Gasteiger partial charge in [0.25, 0.3) is 0 Å². The number of halogens is 5. The number of pyridine rings is 2. The fourth-order valence-electron chi connectivity index (χ4n) is 4.39. The van der Waals surface area contributed by atoms with Crippen molar-refractivity contribution in [2.24, 2.45) is 0 Å². The maximum Gasteiger partial charge on any atom is 0.182 e. The van der Waals surface area contributed by atoms with Gasteiger partial charge in [0.2, 0.25) is 0 Å². The summed E-state index contributed by atoms with van der Waals surface area (Å²) < 4.78 is 72.1. The topological polar surface area (TPSA) is 82.0 Å². The summed E-state index contributed by atoms with van der Waals surface area (Å²) in [5, 5.41) is 0.514. The summed E-state index contributed by atoms with van der Waals surface area (Å²) in [6.07, 6.45) is 3.51. The van der Waals surface area contributed by atoms with E-state index in [0.717, 1.165) is 12.3 Å². The number of anilines is 1. The summed E-state index contributed by atoms with van der Waals surface area (Å²) in [5.41, 5.74) is 7.37. The number of fused-ring (bicyclic) bond motifs is 2. The van der Waals surface area contributed by atoms with Gasteiger partial charge in [-0.1, -0.05) is 12.1 Å². The Hall–Kier alpha value is -4.93. The molecule has 0 radical (unpaired) electrons. The van der Waals surface area contributed by atoms with Crippen LogP contribution < -0.4 is 5.73 Å². The third-order valence-electron chi connectivity index (χ3n) is 6.19. The molecule has 6 aromatic rings. The highest BCUT2D eigenvalue weighted by Gasteiger charge is 2.21. The second-order valence-electron chi connectivity index (χ2n) is 8.46. The molecule has 0 aliphatic rings. The lowest BCUT2D eigenvalue weighted by molar-refractivity contribution is 0.481. The van der Waals surface area contributed by atoms with Crippen molar-refractivity contribution >= 4 is 22.2 Å². The van der Waals surface area contributed by atoms with Gasteiger partial charge in [-0.2, -0.15) is 0 Å². The Morgan fingerprint density at radius 3 is 2.42 bits per heavy atom. The van der Waals surface area contributed by atoms with Crippen LogP contribution in [-0.2, 0) is 6.42 Å². The first-order valence-corrected chi connectivity index (χ1v) is 11.3. The molecule has 0 atom stereocenters. The Balaban J connectivity index is 1.48. The van der Waals surface area contributed by atoms with E-state index < -0.39 is 41.1 Å². The maximum absolute atomic E-state index is 14.4. The van der Waals surface area contributed by atoms with Crippen molar-refractivity contribution in [2.45, 2.75) is 6.42 Å². The highest BCUT2D eigenvalue weighted by atomic mass is 19.2. The summed E-state index contributed by atoms with van der Waals surface area (Å²) in [6.45, 7) is 0. The Bertz CT molecular complexity index is 1880. The van der Waals surface area contributed by atoms with Crippen LogP contribution in [0.3, 0.4) is 0 Å². The molecule has 0 saturated heterocycles. The van der Waals surface area contributed by atoms with Crippen LogP contribution in [-0.4, -0.2) is 24.3 Å². The SMILES string of the molecule is Nc1nc(-c2nc(Cc3c(F)ccc(F)c3F)n3cc(F)ccc23)ncc1-c1ccnc2c(F)cccc12. The molecule has 0 spiro atoms. The molecule has 2 aromatic carbocycles. The van der Waals surface area contributed by atoms with Crippen molar-refractivity contribution in [3.8, 4) is 22.6 Å². The van der Waals surface area contributed by atoms with Gasteiger partial charge in [-0.05, 0) is 42.0 Å². The van der Waals surface area contributed by atoms with E-state index in [-0.39, 0.29) is 28.7 Å². The third kappa shape index (κ3) is 3.79. The number of nitrogens with two attached hydrogens (primary N) is 1. The number of nitrogen functional groups attached to an aromatic ring is 1. The summed E-state index contributed by atoms with van der Waals surface area (Å²) in [6, 6.07) is 10.3. The van der Waals surface area contributed by atoms with Gasteiger partial charge >= 0.3 is 0 Å². The fraction of sp³-hybridized carbons (Fsp3) is 0.0370. The van der Waals surface area contributed by atoms with Crippen LogP contribution in [0, 0.1) is 29.1 Å². The number of rotatable bonds is 4. The van der Waals surface area contributed by atoms with Crippen LogP contribution in [0.25, 0.3) is 39.1 Å². The van der Waals surface area contributed by atoms with Crippen LogP contribution in [0.5, 0.6) is 0 Å². The van der Waals surface area contributed by atoms with E-state index in [4.69, 9.17) is 5.73 Å². The number of para-hydroxylation sites is 1. The van der Waals surface area contributed by atoms with E-state index in [2.05, 4.69) is 19.9 Å². The molecule has 4 aromatic heterocycles. The summed E-state index contributed by atoms with van der Waals surface area (Å²) in [7, 11) is 0. The van der Waals surface area contributed by atoms with Gasteiger partial charge < -0.3 is 5.73 Å². The van der Waals surface area contributed by atoms with Gasteiger partial charge in [0.05, 0.1) is 5.52 Å². The molecule has 0 aliphatic heterocycles. The highest BCUT2D eigenvalue weighted by molar-refractivity contribution is 5.97. The zero-order valence-corrected chi connectivity index (χ0v) is 19.3. The zero-order valence-electron chi connectivity index (χ0n) is 19.3. The number of hydrogen-bond acceptors (Lipinski definition) is 5. The quantitative estimate of drug-likeness (QED) is 0.233. The lowest BCUT2D eigenvalue weighted by atomic mass is 10.0. The van der Waals surface area contributed by atoms with Gasteiger partial charge in [-0.15, -0.1) is 0 Å². The van der Waals surface area contributed by atoms with Gasteiger partial charge in [-0.25, -0.2) is 36.9 Å². The standard InChI is InChI=1S/C27H15F5N6/c28-13-4-7-21-25(36-22(38(21)12-13)10-16-18(29)5-6-19(30)23(16)32)27-35-11-17(26(33)37-27)14-8-9-34-24-15(14)2-1-3-20(24)31/h1-9,11-12H,10H2,(H2,33,35,37). The normalized spacial score (nSPS) is 11.5. The van der Waals surface area contributed by atoms with Crippen molar-refractivity contribution in [3.63, 3.8) is 0 Å². The van der Waals surface area contributed by atoms with Gasteiger partial charge in [0.15, 0.2) is 17.5 Å². The number of imidazole rings is 1. The molecule has 38 heavy (non-hydrogen) atoms. The first kappa shape index (κ1) is 23.5. The molecule has 2 N–H and O–H groups in total. The summed E-state index contributed by atoms with van der Waals surface area (Å²) in [4.78, 5) is 17.2. The van der Waals surface area contributed by atoms with Crippen molar-refractivity contribution < 1.29 is 22.0 Å². The van der Waals surface area contributed by atoms with Crippen molar-refractivity contribution in [2.75, 3.05) is 5.73 Å². The average molecular weight is 518 g/mol. The van der Waals surface area contributed by atoms with Gasteiger partial charge in [0.1, 0.15) is 40.3 Å². The second kappa shape index (κ2) is 8.87. The lowest BCUT2D eigenvalue weighted by Gasteiger charge is -2.09. The fourth-order valence-corrected chi connectivity index (χ4v) is 4.39. The van der Waals surface area contributed by atoms with Crippen molar-refractivity contribution in [3.05, 3.63) is 108 Å². The minimum absolute atomic E-state index is 0.0275. The number of hydrogen-bond donors (Lipinski definition) is 1. The van der Waals surface area contributed by atoms with E-state index in [1.165, 1.54) is 35.0 Å². The summed E-state index contributed by atoms with van der Waals surface area (Å²) >= 11 is 0. The van der Waals surface area contributed by atoms with Crippen LogP contribution in [0.1, 0.15) is 11.4 Å². The van der Waals surface area contributed by atoms with E-state index in [1.807, 2.05) is 0 Å². The molecule has 6 nitrogen and oxygen atoms in total.